The topological polar surface area (TPSA) is 90.5 Å². The average molecular weight is 296 g/mol. The van der Waals surface area contributed by atoms with Crippen LogP contribution in [0.5, 0.6) is 0 Å². The maximum atomic E-state index is 11.9. The van der Waals surface area contributed by atoms with Crippen molar-refractivity contribution in [3.8, 4) is 0 Å². The fraction of sp³-hybridized carbons (Fsp3) is 0.545. The molecule has 0 saturated carbocycles. The lowest BCUT2D eigenvalue weighted by molar-refractivity contribution is 0.0936. The van der Waals surface area contributed by atoms with Gasteiger partial charge in [0, 0.05) is 32.5 Å². The summed E-state index contributed by atoms with van der Waals surface area (Å²) in [5, 5.41) is 15.1. The number of amides is 1. The van der Waals surface area contributed by atoms with E-state index in [2.05, 4.69) is 30.2 Å². The van der Waals surface area contributed by atoms with Gasteiger partial charge in [0.25, 0.3) is 5.91 Å². The minimum absolute atomic E-state index is 0.0890. The zero-order valence-corrected chi connectivity index (χ0v) is 11.9. The number of halogens is 1. The number of hydrogen-bond acceptors (Lipinski definition) is 5. The summed E-state index contributed by atoms with van der Waals surface area (Å²) >= 11 is 5.76. The largest absolute Gasteiger partial charge is 0.349 e. The zero-order chi connectivity index (χ0) is 14.3. The van der Waals surface area contributed by atoms with E-state index in [9.17, 15) is 4.79 Å². The molecule has 8 nitrogen and oxygen atoms in total. The Hall–Kier alpha value is -1.96. The predicted molar refractivity (Wildman–Crippen MR) is 70.3 cm³/mol. The van der Waals surface area contributed by atoms with E-state index in [1.54, 1.807) is 7.05 Å². The van der Waals surface area contributed by atoms with Crippen molar-refractivity contribution in [2.75, 3.05) is 6.54 Å². The molecule has 0 spiro atoms. The molecule has 0 saturated heterocycles. The number of carbonyl (C=O) groups excluding carboxylic acids is 1. The summed E-state index contributed by atoms with van der Waals surface area (Å²) in [6, 6.07) is 0. The van der Waals surface area contributed by atoms with Crippen LogP contribution in [0, 0.1) is 12.8 Å². The van der Waals surface area contributed by atoms with E-state index in [1.165, 1.54) is 4.68 Å². The van der Waals surface area contributed by atoms with E-state index < -0.39 is 0 Å². The van der Waals surface area contributed by atoms with Crippen LogP contribution in [0.2, 0.25) is 5.28 Å². The van der Waals surface area contributed by atoms with E-state index in [0.29, 0.717) is 12.5 Å². The minimum atomic E-state index is -0.313. The minimum Gasteiger partial charge on any atom is -0.349 e. The summed E-state index contributed by atoms with van der Waals surface area (Å²) in [5.41, 5.74) is 0. The van der Waals surface area contributed by atoms with Crippen LogP contribution in [0.3, 0.4) is 0 Å². The number of carbonyl (C=O) groups is 1. The quantitative estimate of drug-likeness (QED) is 0.859. The van der Waals surface area contributed by atoms with Crippen LogP contribution < -0.4 is 5.32 Å². The van der Waals surface area contributed by atoms with Crippen molar-refractivity contribution in [1.82, 2.24) is 34.8 Å². The molecule has 20 heavy (non-hydrogen) atoms. The molecular formula is C11H14ClN7O. The highest BCUT2D eigenvalue weighted by atomic mass is 35.5. The third-order valence-electron chi connectivity index (χ3n) is 3.39. The second-order valence-electron chi connectivity index (χ2n) is 4.88. The van der Waals surface area contributed by atoms with Crippen LogP contribution in [0.15, 0.2) is 0 Å². The standard InChI is InChI=1S/C11H14ClN7O/c1-6-15-16-8-3-7(5-19(6)8)4-13-10(20)9-14-11(12)18(2)17-9/h7H,3-5H2,1-2H3,(H,13,20). The first-order valence-corrected chi connectivity index (χ1v) is 6.66. The fourth-order valence-corrected chi connectivity index (χ4v) is 2.43. The van der Waals surface area contributed by atoms with Crippen molar-refractivity contribution in [2.24, 2.45) is 13.0 Å². The molecule has 3 heterocycles. The summed E-state index contributed by atoms with van der Waals surface area (Å²) in [7, 11) is 1.64. The SMILES string of the molecule is Cc1nnc2n1CC(CNC(=O)c1nc(Cl)n(C)n1)C2. The lowest BCUT2D eigenvalue weighted by Gasteiger charge is -2.09. The van der Waals surface area contributed by atoms with Gasteiger partial charge in [-0.15, -0.1) is 15.3 Å². The van der Waals surface area contributed by atoms with Crippen molar-refractivity contribution in [1.29, 1.82) is 0 Å². The number of nitrogens with one attached hydrogen (secondary N) is 1. The molecule has 3 rings (SSSR count). The summed E-state index contributed by atoms with van der Waals surface area (Å²) in [6.07, 6.45) is 0.817. The Kier molecular flexibility index (Phi) is 3.17. The van der Waals surface area contributed by atoms with Gasteiger partial charge in [-0.25, -0.2) is 4.68 Å². The van der Waals surface area contributed by atoms with E-state index in [4.69, 9.17) is 11.6 Å². The van der Waals surface area contributed by atoms with Gasteiger partial charge in [0.15, 0.2) is 0 Å². The molecule has 0 radical (unpaired) electrons. The first-order chi connectivity index (χ1) is 9.54. The maximum absolute atomic E-state index is 11.9. The van der Waals surface area contributed by atoms with Crippen molar-refractivity contribution in [2.45, 2.75) is 19.9 Å². The Labute approximate surface area is 120 Å². The average Bonchev–Trinajstić information content (AvgIpc) is 3.06. The van der Waals surface area contributed by atoms with Gasteiger partial charge < -0.3 is 9.88 Å². The molecule has 1 aliphatic rings. The fourth-order valence-electron chi connectivity index (χ4n) is 2.31. The van der Waals surface area contributed by atoms with Crippen LogP contribution in [0.25, 0.3) is 0 Å². The van der Waals surface area contributed by atoms with Crippen molar-refractivity contribution in [3.63, 3.8) is 0 Å². The monoisotopic (exact) mass is 295 g/mol. The first kappa shape index (κ1) is 13.0. The number of nitrogens with zero attached hydrogens (tertiary/aromatic N) is 6. The van der Waals surface area contributed by atoms with Crippen LogP contribution in [-0.2, 0) is 20.0 Å². The molecule has 2 aromatic rings. The molecule has 0 fully saturated rings. The Morgan fingerprint density at radius 1 is 1.50 bits per heavy atom. The smallest absolute Gasteiger partial charge is 0.291 e. The highest BCUT2D eigenvalue weighted by Gasteiger charge is 2.25. The summed E-state index contributed by atoms with van der Waals surface area (Å²) in [6.45, 7) is 3.31. The van der Waals surface area contributed by atoms with Crippen molar-refractivity contribution in [3.05, 3.63) is 22.8 Å². The number of aryl methyl sites for hydroxylation is 2. The van der Waals surface area contributed by atoms with E-state index in [-0.39, 0.29) is 17.0 Å². The van der Waals surface area contributed by atoms with Crippen molar-refractivity contribution >= 4 is 17.5 Å². The van der Waals surface area contributed by atoms with Gasteiger partial charge in [0.05, 0.1) is 0 Å². The third-order valence-corrected chi connectivity index (χ3v) is 3.72. The van der Waals surface area contributed by atoms with Crippen molar-refractivity contribution < 1.29 is 4.79 Å². The van der Waals surface area contributed by atoms with Gasteiger partial charge in [-0.1, -0.05) is 0 Å². The second-order valence-corrected chi connectivity index (χ2v) is 5.22. The maximum Gasteiger partial charge on any atom is 0.291 e. The lowest BCUT2D eigenvalue weighted by atomic mass is 10.1. The van der Waals surface area contributed by atoms with Crippen LogP contribution in [-0.4, -0.2) is 42.0 Å². The first-order valence-electron chi connectivity index (χ1n) is 6.28. The third kappa shape index (κ3) is 2.26. The Bertz CT molecular complexity index is 642. The highest BCUT2D eigenvalue weighted by molar-refractivity contribution is 6.28. The van der Waals surface area contributed by atoms with E-state index in [0.717, 1.165) is 24.6 Å². The Balaban J connectivity index is 1.57. The predicted octanol–water partition coefficient (Wildman–Crippen LogP) is -0.0293. The van der Waals surface area contributed by atoms with Gasteiger partial charge in [0.2, 0.25) is 11.1 Å². The van der Waals surface area contributed by atoms with Crippen LogP contribution in [0.1, 0.15) is 22.3 Å². The molecule has 106 valence electrons. The van der Waals surface area contributed by atoms with E-state index in [1.807, 2.05) is 6.92 Å². The zero-order valence-electron chi connectivity index (χ0n) is 11.2. The lowest BCUT2D eigenvalue weighted by Crippen LogP contribution is -2.31. The van der Waals surface area contributed by atoms with Gasteiger partial charge in [-0.05, 0) is 18.5 Å². The van der Waals surface area contributed by atoms with Gasteiger partial charge >= 0.3 is 0 Å². The molecule has 2 aromatic heterocycles. The molecule has 1 amide bonds. The number of rotatable bonds is 3. The van der Waals surface area contributed by atoms with Crippen LogP contribution >= 0.6 is 11.6 Å². The molecule has 0 aliphatic carbocycles. The summed E-state index contributed by atoms with van der Waals surface area (Å²) in [4.78, 5) is 15.8. The number of aromatic nitrogens is 6. The number of hydrogen-bond donors (Lipinski definition) is 1. The second kappa shape index (κ2) is 4.86. The molecular weight excluding hydrogens is 282 g/mol. The Morgan fingerprint density at radius 2 is 2.30 bits per heavy atom. The van der Waals surface area contributed by atoms with Gasteiger partial charge in [0.1, 0.15) is 11.6 Å². The van der Waals surface area contributed by atoms with Gasteiger partial charge in [-0.3, -0.25) is 4.79 Å². The molecule has 0 bridgehead atoms. The molecule has 1 N–H and O–H groups in total. The number of fused-ring (bicyclic) bond motifs is 1. The molecule has 0 aromatic carbocycles. The summed E-state index contributed by atoms with van der Waals surface area (Å²) < 4.78 is 3.43. The van der Waals surface area contributed by atoms with E-state index >= 15 is 0 Å². The molecule has 1 aliphatic heterocycles. The molecule has 1 atom stereocenters. The molecule has 9 heteroatoms. The Morgan fingerprint density at radius 3 is 2.95 bits per heavy atom. The van der Waals surface area contributed by atoms with Gasteiger partial charge in [-0.2, -0.15) is 4.98 Å². The summed E-state index contributed by atoms with van der Waals surface area (Å²) in [5.74, 6) is 1.98. The normalized spacial score (nSPS) is 17.2. The highest BCUT2D eigenvalue weighted by Crippen LogP contribution is 2.19. The molecule has 1 unspecified atom stereocenters. The van der Waals surface area contributed by atoms with Crippen LogP contribution in [0.4, 0.5) is 0 Å².